The molecule has 148 valence electrons. The van der Waals surface area contributed by atoms with Crippen LogP contribution in [0.5, 0.6) is 11.5 Å². The fraction of sp³-hybridized carbons (Fsp3) is 0.0909. The fourth-order valence-corrected chi connectivity index (χ4v) is 2.85. The molecule has 6 nitrogen and oxygen atoms in total. The Morgan fingerprint density at radius 3 is 2.38 bits per heavy atom. The van der Waals surface area contributed by atoms with Gasteiger partial charge in [-0.25, -0.2) is 0 Å². The topological polar surface area (TPSA) is 76.7 Å². The van der Waals surface area contributed by atoms with Gasteiger partial charge in [0, 0.05) is 10.6 Å². The van der Waals surface area contributed by atoms with Crippen molar-refractivity contribution >= 4 is 23.4 Å². The highest BCUT2D eigenvalue weighted by Crippen LogP contribution is 2.29. The lowest BCUT2D eigenvalue weighted by Crippen LogP contribution is -2.43. The first kappa shape index (κ1) is 20.2. The van der Waals surface area contributed by atoms with E-state index in [1.807, 2.05) is 48.5 Å². The van der Waals surface area contributed by atoms with Crippen LogP contribution in [0.4, 0.5) is 0 Å². The predicted molar refractivity (Wildman–Crippen MR) is 111 cm³/mol. The summed E-state index contributed by atoms with van der Waals surface area (Å²) in [5.74, 6) is -0.157. The van der Waals surface area contributed by atoms with Gasteiger partial charge in [-0.1, -0.05) is 60.1 Å². The zero-order chi connectivity index (χ0) is 20.6. The number of halogens is 1. The van der Waals surface area contributed by atoms with E-state index >= 15 is 0 Å². The lowest BCUT2D eigenvalue weighted by molar-refractivity contribution is -0.123. The Labute approximate surface area is 173 Å². The molecule has 2 amide bonds. The number of hydrogen-bond donors (Lipinski definition) is 2. The predicted octanol–water partition coefficient (Wildman–Crippen LogP) is 3.86. The van der Waals surface area contributed by atoms with Crippen molar-refractivity contribution in [1.82, 2.24) is 10.9 Å². The number of carbonyl (C=O) groups excluding carboxylic acids is 2. The van der Waals surface area contributed by atoms with E-state index in [0.717, 1.165) is 11.1 Å². The van der Waals surface area contributed by atoms with Gasteiger partial charge in [-0.05, 0) is 29.8 Å². The number of hydrogen-bond acceptors (Lipinski definition) is 4. The van der Waals surface area contributed by atoms with Crippen LogP contribution < -0.4 is 20.3 Å². The molecule has 3 aromatic rings. The number of nitrogens with one attached hydrogen (secondary N) is 2. The van der Waals surface area contributed by atoms with Crippen molar-refractivity contribution < 1.29 is 19.1 Å². The van der Waals surface area contributed by atoms with Gasteiger partial charge in [0.05, 0.1) is 12.7 Å². The van der Waals surface area contributed by atoms with Crippen LogP contribution in [0.3, 0.4) is 0 Å². The van der Waals surface area contributed by atoms with Gasteiger partial charge >= 0.3 is 0 Å². The highest BCUT2D eigenvalue weighted by molar-refractivity contribution is 6.31. The zero-order valence-electron chi connectivity index (χ0n) is 15.6. The molecule has 0 unspecified atom stereocenters. The molecule has 0 atom stereocenters. The fourth-order valence-electron chi connectivity index (χ4n) is 2.68. The standard InChI is InChI=1S/C22H19ClN2O4/c1-28-19-12-11-16(23)13-18(19)22(27)25-24-21(26)14-29-20-10-6-5-9-17(20)15-7-3-2-4-8-15/h2-13H,14H2,1H3,(H,24,26)(H,25,27). The second kappa shape index (κ2) is 9.61. The van der Waals surface area contributed by atoms with Gasteiger partial charge in [0.2, 0.25) is 0 Å². The highest BCUT2D eigenvalue weighted by Gasteiger charge is 2.14. The molecule has 0 aliphatic rings. The largest absolute Gasteiger partial charge is 0.496 e. The lowest BCUT2D eigenvalue weighted by Gasteiger charge is -2.13. The van der Waals surface area contributed by atoms with Gasteiger partial charge in [0.15, 0.2) is 6.61 Å². The van der Waals surface area contributed by atoms with E-state index in [2.05, 4.69) is 10.9 Å². The monoisotopic (exact) mass is 410 g/mol. The van der Waals surface area contributed by atoms with Crippen molar-refractivity contribution in [3.63, 3.8) is 0 Å². The number of benzene rings is 3. The molecule has 0 heterocycles. The maximum Gasteiger partial charge on any atom is 0.276 e. The molecule has 7 heteroatoms. The third-order valence-corrected chi connectivity index (χ3v) is 4.29. The van der Waals surface area contributed by atoms with Crippen LogP contribution in [-0.4, -0.2) is 25.5 Å². The van der Waals surface area contributed by atoms with Crippen LogP contribution in [-0.2, 0) is 4.79 Å². The van der Waals surface area contributed by atoms with E-state index in [0.29, 0.717) is 16.5 Å². The molecular formula is C22H19ClN2O4. The molecule has 0 fully saturated rings. The molecule has 0 saturated heterocycles. The number of hydrazine groups is 1. The van der Waals surface area contributed by atoms with Crippen LogP contribution in [0.15, 0.2) is 72.8 Å². The van der Waals surface area contributed by atoms with Crippen molar-refractivity contribution in [3.05, 3.63) is 83.4 Å². The van der Waals surface area contributed by atoms with E-state index < -0.39 is 11.8 Å². The summed E-state index contributed by atoms with van der Waals surface area (Å²) < 4.78 is 10.8. The van der Waals surface area contributed by atoms with Gasteiger partial charge < -0.3 is 9.47 Å². The average Bonchev–Trinajstić information content (AvgIpc) is 2.76. The van der Waals surface area contributed by atoms with Gasteiger partial charge in [0.25, 0.3) is 11.8 Å². The second-order valence-corrected chi connectivity index (χ2v) is 6.43. The van der Waals surface area contributed by atoms with Crippen LogP contribution in [0.1, 0.15) is 10.4 Å². The minimum atomic E-state index is -0.553. The normalized spacial score (nSPS) is 10.1. The van der Waals surface area contributed by atoms with Crippen molar-refractivity contribution in [2.75, 3.05) is 13.7 Å². The summed E-state index contributed by atoms with van der Waals surface area (Å²) in [6.07, 6.45) is 0. The van der Waals surface area contributed by atoms with Crippen molar-refractivity contribution in [1.29, 1.82) is 0 Å². The van der Waals surface area contributed by atoms with Crippen LogP contribution in [0.2, 0.25) is 5.02 Å². The number of carbonyl (C=O) groups is 2. The Kier molecular flexibility index (Phi) is 6.71. The Morgan fingerprint density at radius 2 is 1.62 bits per heavy atom. The minimum Gasteiger partial charge on any atom is -0.496 e. The Bertz CT molecular complexity index is 1010. The zero-order valence-corrected chi connectivity index (χ0v) is 16.4. The summed E-state index contributed by atoms with van der Waals surface area (Å²) in [6, 6.07) is 21.8. The molecule has 2 N–H and O–H groups in total. The molecule has 0 saturated carbocycles. The maximum absolute atomic E-state index is 12.3. The molecule has 0 aliphatic carbocycles. The first-order chi connectivity index (χ1) is 14.1. The number of rotatable bonds is 6. The van der Waals surface area contributed by atoms with E-state index in [9.17, 15) is 9.59 Å². The number of ether oxygens (including phenoxy) is 2. The molecule has 0 spiro atoms. The third-order valence-electron chi connectivity index (χ3n) is 4.05. The van der Waals surface area contributed by atoms with E-state index in [-0.39, 0.29) is 12.2 Å². The van der Waals surface area contributed by atoms with E-state index in [1.165, 1.54) is 13.2 Å². The summed E-state index contributed by atoms with van der Waals surface area (Å²) in [7, 11) is 1.44. The number of methoxy groups -OCH3 is 1. The number of para-hydroxylation sites is 1. The number of amides is 2. The third kappa shape index (κ3) is 5.27. The quantitative estimate of drug-likeness (QED) is 0.605. The lowest BCUT2D eigenvalue weighted by atomic mass is 10.1. The van der Waals surface area contributed by atoms with Crippen molar-refractivity contribution in [2.24, 2.45) is 0 Å². The van der Waals surface area contributed by atoms with Gasteiger partial charge in [-0.15, -0.1) is 0 Å². The molecule has 0 bridgehead atoms. The smallest absolute Gasteiger partial charge is 0.276 e. The highest BCUT2D eigenvalue weighted by atomic mass is 35.5. The summed E-state index contributed by atoms with van der Waals surface area (Å²) in [5, 5.41) is 0.378. The first-order valence-corrected chi connectivity index (χ1v) is 9.16. The molecule has 3 aromatic carbocycles. The Morgan fingerprint density at radius 1 is 0.897 bits per heavy atom. The van der Waals surface area contributed by atoms with E-state index in [4.69, 9.17) is 21.1 Å². The van der Waals surface area contributed by atoms with Crippen LogP contribution >= 0.6 is 11.6 Å². The molecule has 0 aliphatic heterocycles. The summed E-state index contributed by atoms with van der Waals surface area (Å²) in [5.41, 5.74) is 6.70. The second-order valence-electron chi connectivity index (χ2n) is 6.00. The van der Waals surface area contributed by atoms with E-state index in [1.54, 1.807) is 18.2 Å². The Balaban J connectivity index is 1.59. The van der Waals surface area contributed by atoms with Crippen molar-refractivity contribution in [2.45, 2.75) is 0 Å². The molecule has 3 rings (SSSR count). The van der Waals surface area contributed by atoms with Crippen molar-refractivity contribution in [3.8, 4) is 22.6 Å². The first-order valence-electron chi connectivity index (χ1n) is 8.78. The van der Waals surface area contributed by atoms with Crippen LogP contribution in [0.25, 0.3) is 11.1 Å². The maximum atomic E-state index is 12.3. The molecule has 29 heavy (non-hydrogen) atoms. The van der Waals surface area contributed by atoms with Crippen LogP contribution in [0, 0.1) is 0 Å². The minimum absolute atomic E-state index is 0.204. The SMILES string of the molecule is COc1ccc(Cl)cc1C(=O)NNC(=O)COc1ccccc1-c1ccccc1. The molecular weight excluding hydrogens is 392 g/mol. The summed E-state index contributed by atoms with van der Waals surface area (Å²) in [4.78, 5) is 24.4. The molecule has 0 radical (unpaired) electrons. The summed E-state index contributed by atoms with van der Waals surface area (Å²) in [6.45, 7) is -0.267. The molecule has 0 aromatic heterocycles. The van der Waals surface area contributed by atoms with Gasteiger partial charge in [-0.3, -0.25) is 20.4 Å². The summed E-state index contributed by atoms with van der Waals surface area (Å²) >= 11 is 5.92. The van der Waals surface area contributed by atoms with Gasteiger partial charge in [0.1, 0.15) is 11.5 Å². The average molecular weight is 411 g/mol. The Hall–Kier alpha value is -3.51. The van der Waals surface area contributed by atoms with Gasteiger partial charge in [-0.2, -0.15) is 0 Å².